The molecule has 6 rings (SSSR count). The van der Waals surface area contributed by atoms with E-state index in [0.29, 0.717) is 21.8 Å². The third-order valence-corrected chi connectivity index (χ3v) is 6.29. The Bertz CT molecular complexity index is 1890. The van der Waals surface area contributed by atoms with E-state index < -0.39 is 11.4 Å². The summed E-state index contributed by atoms with van der Waals surface area (Å²) < 4.78 is 2.94. The maximum Gasteiger partial charge on any atom is 0.354 e. The van der Waals surface area contributed by atoms with E-state index in [1.54, 1.807) is 12.4 Å². The van der Waals surface area contributed by atoms with Crippen LogP contribution in [0.15, 0.2) is 129 Å². The van der Waals surface area contributed by atoms with Crippen molar-refractivity contribution in [2.45, 2.75) is 0 Å². The first kappa shape index (κ1) is 24.6. The highest BCUT2D eigenvalue weighted by molar-refractivity contribution is 5.91. The van der Waals surface area contributed by atoms with Crippen LogP contribution in [0.4, 0.5) is 11.6 Å². The Hall–Kier alpha value is -5.76. The number of para-hydroxylation sites is 2. The number of rotatable bonds is 6. The minimum Gasteiger partial charge on any atom is -0.267 e. The summed E-state index contributed by atoms with van der Waals surface area (Å²) in [6, 6.07) is 34.0. The largest absolute Gasteiger partial charge is 0.354 e. The molecule has 0 aliphatic rings. The summed E-state index contributed by atoms with van der Waals surface area (Å²) in [5.41, 5.74) is 2.16. The molecule has 6 aromatic rings. The maximum atomic E-state index is 13.0. The molecule has 2 heterocycles. The molecule has 2 aromatic heterocycles. The summed E-state index contributed by atoms with van der Waals surface area (Å²) in [7, 11) is 0. The van der Waals surface area contributed by atoms with Crippen molar-refractivity contribution in [3.63, 3.8) is 0 Å². The van der Waals surface area contributed by atoms with Crippen LogP contribution >= 0.6 is 0 Å². The second kappa shape index (κ2) is 10.9. The normalized spacial score (nSPS) is 11.9. The Balaban J connectivity index is 1.41. The zero-order valence-electron chi connectivity index (χ0n) is 21.2. The molecule has 0 amide bonds. The Kier molecular flexibility index (Phi) is 6.71. The van der Waals surface area contributed by atoms with Crippen molar-refractivity contribution in [3.05, 3.63) is 141 Å². The SMILES string of the molecule is O=c1nc(N=Nc2nc(=O)n(/C=C/c3ccccc3)c3ccccc23)c2ccccc2n1/C=C/c1ccccc1. The van der Waals surface area contributed by atoms with E-state index in [9.17, 15) is 9.59 Å². The molecule has 0 N–H and O–H groups in total. The average molecular weight is 523 g/mol. The van der Waals surface area contributed by atoms with Gasteiger partial charge in [0.05, 0.1) is 11.0 Å². The second-order valence-electron chi connectivity index (χ2n) is 8.86. The van der Waals surface area contributed by atoms with Crippen LogP contribution in [0.3, 0.4) is 0 Å². The molecule has 192 valence electrons. The number of benzene rings is 4. The summed E-state index contributed by atoms with van der Waals surface area (Å²) in [4.78, 5) is 34.4. The molecular weight excluding hydrogens is 500 g/mol. The summed E-state index contributed by atoms with van der Waals surface area (Å²) in [5.74, 6) is 0.285. The molecule has 0 aliphatic carbocycles. The second-order valence-corrected chi connectivity index (χ2v) is 8.86. The number of azo groups is 1. The first-order chi connectivity index (χ1) is 19.7. The monoisotopic (exact) mass is 522 g/mol. The average Bonchev–Trinajstić information content (AvgIpc) is 3.00. The predicted molar refractivity (Wildman–Crippen MR) is 160 cm³/mol. The van der Waals surface area contributed by atoms with E-state index >= 15 is 0 Å². The van der Waals surface area contributed by atoms with E-state index in [1.165, 1.54) is 9.13 Å². The fourth-order valence-corrected chi connectivity index (χ4v) is 4.35. The maximum absolute atomic E-state index is 13.0. The highest BCUT2D eigenvalue weighted by Gasteiger charge is 2.11. The molecule has 0 saturated carbocycles. The highest BCUT2D eigenvalue weighted by atomic mass is 16.1. The van der Waals surface area contributed by atoms with Gasteiger partial charge in [-0.2, -0.15) is 9.97 Å². The van der Waals surface area contributed by atoms with Crippen LogP contribution in [0.25, 0.3) is 46.4 Å². The van der Waals surface area contributed by atoms with Gasteiger partial charge >= 0.3 is 11.4 Å². The van der Waals surface area contributed by atoms with Crippen LogP contribution in [0.5, 0.6) is 0 Å². The van der Waals surface area contributed by atoms with Crippen LogP contribution in [0.2, 0.25) is 0 Å². The molecule has 40 heavy (non-hydrogen) atoms. The van der Waals surface area contributed by atoms with E-state index in [-0.39, 0.29) is 11.6 Å². The minimum atomic E-state index is -0.501. The number of aromatic nitrogens is 4. The van der Waals surface area contributed by atoms with E-state index in [4.69, 9.17) is 0 Å². The van der Waals surface area contributed by atoms with Gasteiger partial charge in [0.2, 0.25) is 0 Å². The van der Waals surface area contributed by atoms with Crippen LogP contribution in [-0.4, -0.2) is 19.1 Å². The van der Waals surface area contributed by atoms with E-state index in [0.717, 1.165) is 11.1 Å². The van der Waals surface area contributed by atoms with Crippen LogP contribution < -0.4 is 11.4 Å². The fraction of sp³-hybridized carbons (Fsp3) is 0. The molecule has 0 bridgehead atoms. The van der Waals surface area contributed by atoms with Crippen LogP contribution in [-0.2, 0) is 0 Å². The van der Waals surface area contributed by atoms with Gasteiger partial charge in [-0.15, -0.1) is 10.2 Å². The van der Waals surface area contributed by atoms with Crippen molar-refractivity contribution in [2.75, 3.05) is 0 Å². The highest BCUT2D eigenvalue weighted by Crippen LogP contribution is 2.27. The first-order valence-corrected chi connectivity index (χ1v) is 12.6. The Labute approximate surface area is 228 Å². The molecular formula is C32H22N6O2. The van der Waals surface area contributed by atoms with Crippen molar-refractivity contribution in [1.82, 2.24) is 19.1 Å². The molecule has 8 nitrogen and oxygen atoms in total. The molecule has 0 radical (unpaired) electrons. The van der Waals surface area contributed by atoms with Crippen molar-refractivity contribution >= 4 is 58.0 Å². The quantitative estimate of drug-likeness (QED) is 0.225. The topological polar surface area (TPSA) is 94.5 Å². The van der Waals surface area contributed by atoms with Gasteiger partial charge in [0, 0.05) is 23.2 Å². The molecule has 0 atom stereocenters. The lowest BCUT2D eigenvalue weighted by Crippen LogP contribution is -2.19. The van der Waals surface area contributed by atoms with Gasteiger partial charge in [0.1, 0.15) is 0 Å². The predicted octanol–water partition coefficient (Wildman–Crippen LogP) is 6.78. The Morgan fingerprint density at radius 3 is 1.30 bits per heavy atom. The van der Waals surface area contributed by atoms with Gasteiger partial charge in [-0.1, -0.05) is 84.9 Å². The number of hydrogen-bond donors (Lipinski definition) is 0. The molecule has 0 saturated heterocycles. The third-order valence-electron chi connectivity index (χ3n) is 6.29. The molecule has 0 unspecified atom stereocenters. The molecule has 8 heteroatoms. The van der Waals surface area contributed by atoms with Gasteiger partial charge in [0.15, 0.2) is 11.6 Å². The van der Waals surface area contributed by atoms with E-state index in [2.05, 4.69) is 20.2 Å². The number of fused-ring (bicyclic) bond motifs is 2. The van der Waals surface area contributed by atoms with Crippen molar-refractivity contribution in [1.29, 1.82) is 0 Å². The lowest BCUT2D eigenvalue weighted by atomic mass is 10.2. The van der Waals surface area contributed by atoms with Crippen LogP contribution in [0.1, 0.15) is 11.1 Å². The lowest BCUT2D eigenvalue weighted by molar-refractivity contribution is 0.975. The van der Waals surface area contributed by atoms with Gasteiger partial charge in [-0.25, -0.2) is 9.59 Å². The van der Waals surface area contributed by atoms with Gasteiger partial charge in [-0.05, 0) is 47.5 Å². The van der Waals surface area contributed by atoms with Crippen molar-refractivity contribution in [2.24, 2.45) is 10.2 Å². The Morgan fingerprint density at radius 1 is 0.500 bits per heavy atom. The van der Waals surface area contributed by atoms with Crippen LogP contribution in [0, 0.1) is 0 Å². The zero-order valence-corrected chi connectivity index (χ0v) is 21.2. The summed E-state index contributed by atoms with van der Waals surface area (Å²) in [5, 5.41) is 9.84. The smallest absolute Gasteiger partial charge is 0.267 e. The molecule has 4 aromatic carbocycles. The third kappa shape index (κ3) is 5.01. The van der Waals surface area contributed by atoms with Crippen molar-refractivity contribution in [3.8, 4) is 0 Å². The number of hydrogen-bond acceptors (Lipinski definition) is 6. The minimum absolute atomic E-state index is 0.143. The van der Waals surface area contributed by atoms with Crippen molar-refractivity contribution < 1.29 is 0 Å². The summed E-state index contributed by atoms with van der Waals surface area (Å²) >= 11 is 0. The molecule has 0 spiro atoms. The zero-order chi connectivity index (χ0) is 27.3. The number of nitrogens with zero attached hydrogens (tertiary/aromatic N) is 6. The summed E-state index contributed by atoms with van der Waals surface area (Å²) in [6.07, 6.45) is 7.05. The Morgan fingerprint density at radius 2 is 0.875 bits per heavy atom. The van der Waals surface area contributed by atoms with Gasteiger partial charge in [0.25, 0.3) is 0 Å². The van der Waals surface area contributed by atoms with E-state index in [1.807, 2.05) is 121 Å². The lowest BCUT2D eigenvalue weighted by Gasteiger charge is -2.08. The fourth-order valence-electron chi connectivity index (χ4n) is 4.35. The standard InChI is InChI=1S/C32H22N6O2/c39-31-33-29(25-15-7-9-17-27(25)37(31)21-19-23-11-3-1-4-12-23)35-36-30-26-16-8-10-18-28(26)38(32(40)34-30)22-20-24-13-5-2-6-14-24/h1-22H/b21-19+,22-20+,36-35?. The van der Waals surface area contributed by atoms with Gasteiger partial charge in [-0.3, -0.25) is 9.13 Å². The van der Waals surface area contributed by atoms with Gasteiger partial charge < -0.3 is 0 Å². The molecule has 0 fully saturated rings. The molecule has 0 aliphatic heterocycles. The first-order valence-electron chi connectivity index (χ1n) is 12.6. The summed E-state index contributed by atoms with van der Waals surface area (Å²) in [6.45, 7) is 0.